The van der Waals surface area contributed by atoms with Gasteiger partial charge in [0, 0.05) is 24.7 Å². The molecule has 3 nitrogen and oxygen atoms in total. The van der Waals surface area contributed by atoms with Crippen molar-refractivity contribution in [3.63, 3.8) is 0 Å². The number of amides is 1. The van der Waals surface area contributed by atoms with Crippen LogP contribution < -0.4 is 10.6 Å². The van der Waals surface area contributed by atoms with Crippen molar-refractivity contribution in [3.8, 4) is 0 Å². The van der Waals surface area contributed by atoms with Gasteiger partial charge in [-0.25, -0.2) is 0 Å². The Morgan fingerprint density at radius 2 is 1.92 bits per heavy atom. The fraction of sp³-hybridized carbons (Fsp3) is 0.700. The summed E-state index contributed by atoms with van der Waals surface area (Å²) in [6.45, 7) is 8.23. The van der Waals surface area contributed by atoms with E-state index in [-0.39, 0.29) is 11.4 Å². The summed E-state index contributed by atoms with van der Waals surface area (Å²) in [6, 6.07) is 0.407. The van der Waals surface area contributed by atoms with Crippen molar-refractivity contribution < 1.29 is 4.79 Å². The number of carbonyl (C=O) groups is 1. The molecular weight excluding hydrogens is 164 g/mol. The normalized spacial score (nSPS) is 12.5. The lowest BCUT2D eigenvalue weighted by Gasteiger charge is -2.25. The number of hydrogen-bond donors (Lipinski definition) is 2. The Kier molecular flexibility index (Phi) is 4.70. The molecule has 0 fully saturated rings. The van der Waals surface area contributed by atoms with Crippen LogP contribution in [0.3, 0.4) is 0 Å². The predicted octanol–water partition coefficient (Wildman–Crippen LogP) is 1.07. The highest BCUT2D eigenvalue weighted by Gasteiger charge is 2.14. The third kappa shape index (κ3) is 6.34. The van der Waals surface area contributed by atoms with Crippen molar-refractivity contribution in [2.24, 2.45) is 0 Å². The van der Waals surface area contributed by atoms with Crippen LogP contribution >= 0.6 is 0 Å². The highest BCUT2D eigenvalue weighted by atomic mass is 16.1. The molecule has 0 rings (SSSR count). The number of rotatable bonds is 4. The van der Waals surface area contributed by atoms with E-state index in [4.69, 9.17) is 0 Å². The van der Waals surface area contributed by atoms with E-state index in [1.165, 1.54) is 0 Å². The molecule has 0 aromatic carbocycles. The molecule has 0 saturated heterocycles. The van der Waals surface area contributed by atoms with Gasteiger partial charge in [0.2, 0.25) is 5.91 Å². The van der Waals surface area contributed by atoms with Crippen molar-refractivity contribution in [3.05, 3.63) is 12.2 Å². The van der Waals surface area contributed by atoms with Gasteiger partial charge in [0.1, 0.15) is 0 Å². The predicted molar refractivity (Wildman–Crippen MR) is 55.6 cm³/mol. The van der Waals surface area contributed by atoms with Gasteiger partial charge in [-0.2, -0.15) is 0 Å². The van der Waals surface area contributed by atoms with E-state index >= 15 is 0 Å². The summed E-state index contributed by atoms with van der Waals surface area (Å²) in [5, 5.41) is 5.87. The summed E-state index contributed by atoms with van der Waals surface area (Å²) >= 11 is 0. The second-order valence-corrected chi connectivity index (χ2v) is 3.97. The van der Waals surface area contributed by atoms with Crippen LogP contribution in [0.1, 0.15) is 27.7 Å². The molecule has 13 heavy (non-hydrogen) atoms. The van der Waals surface area contributed by atoms with Crippen molar-refractivity contribution in [1.29, 1.82) is 0 Å². The van der Waals surface area contributed by atoms with Crippen molar-refractivity contribution in [1.82, 2.24) is 10.6 Å². The third-order valence-electron chi connectivity index (χ3n) is 1.56. The van der Waals surface area contributed by atoms with Crippen molar-refractivity contribution >= 4 is 5.91 Å². The molecule has 0 spiro atoms. The minimum absolute atomic E-state index is 0.0707. The summed E-state index contributed by atoms with van der Waals surface area (Å²) in [7, 11) is 1.62. The lowest BCUT2D eigenvalue weighted by molar-refractivity contribution is -0.116. The number of likely N-dealkylation sites (N-methyl/N-ethyl adjacent to an activating group) is 1. The number of nitrogens with one attached hydrogen (secondary N) is 2. The zero-order chi connectivity index (χ0) is 10.5. The molecule has 0 radical (unpaired) electrons. The Morgan fingerprint density at radius 1 is 1.38 bits per heavy atom. The topological polar surface area (TPSA) is 41.1 Å². The second-order valence-electron chi connectivity index (χ2n) is 3.97. The van der Waals surface area contributed by atoms with Crippen LogP contribution in [0.2, 0.25) is 0 Å². The summed E-state index contributed by atoms with van der Waals surface area (Å²) in [4.78, 5) is 10.9. The van der Waals surface area contributed by atoms with Crippen LogP contribution in [-0.4, -0.2) is 24.5 Å². The summed E-state index contributed by atoms with van der Waals surface area (Å²) in [6.07, 6.45) is 3.42. The molecular formula is C10H20N2O. The molecule has 2 N–H and O–H groups in total. The van der Waals surface area contributed by atoms with Gasteiger partial charge in [0.25, 0.3) is 0 Å². The van der Waals surface area contributed by atoms with Gasteiger partial charge in [-0.1, -0.05) is 19.9 Å². The largest absolute Gasteiger partial charge is 0.356 e. The van der Waals surface area contributed by atoms with E-state index in [1.807, 2.05) is 19.9 Å². The molecule has 0 aromatic rings. The maximum absolute atomic E-state index is 10.9. The van der Waals surface area contributed by atoms with Gasteiger partial charge in [-0.05, 0) is 13.8 Å². The molecule has 0 aliphatic heterocycles. The first-order chi connectivity index (χ1) is 5.87. The second kappa shape index (κ2) is 5.02. The average molecular weight is 184 g/mol. The van der Waals surface area contributed by atoms with Crippen molar-refractivity contribution in [2.45, 2.75) is 39.3 Å². The lowest BCUT2D eigenvalue weighted by Crippen LogP contribution is -2.42. The van der Waals surface area contributed by atoms with Crippen molar-refractivity contribution in [2.75, 3.05) is 7.05 Å². The van der Waals surface area contributed by atoms with Crippen LogP contribution in [0, 0.1) is 0 Å². The first kappa shape index (κ1) is 12.2. The quantitative estimate of drug-likeness (QED) is 0.642. The molecule has 0 saturated carbocycles. The highest BCUT2D eigenvalue weighted by Crippen LogP contribution is 2.05. The van der Waals surface area contributed by atoms with E-state index in [0.717, 1.165) is 0 Å². The highest BCUT2D eigenvalue weighted by molar-refractivity contribution is 5.87. The third-order valence-corrected chi connectivity index (χ3v) is 1.56. The van der Waals surface area contributed by atoms with Gasteiger partial charge in [-0.15, -0.1) is 0 Å². The van der Waals surface area contributed by atoms with E-state index in [1.54, 1.807) is 13.1 Å². The number of hydrogen-bond acceptors (Lipinski definition) is 2. The van der Waals surface area contributed by atoms with Crippen LogP contribution in [0.5, 0.6) is 0 Å². The van der Waals surface area contributed by atoms with Gasteiger partial charge in [-0.3, -0.25) is 4.79 Å². The molecule has 0 atom stereocenters. The van der Waals surface area contributed by atoms with Crippen LogP contribution in [0.4, 0.5) is 0 Å². The lowest BCUT2D eigenvalue weighted by atomic mass is 10.0. The Hall–Kier alpha value is -0.830. The Bertz CT molecular complexity index is 195. The fourth-order valence-corrected chi connectivity index (χ4v) is 1.16. The molecule has 0 aromatic heterocycles. The standard InChI is InChI=1S/C10H20N2O/c1-8(2)12-10(3,4)7-6-9(13)11-5/h6-8,12H,1-5H3,(H,11,13). The van der Waals surface area contributed by atoms with Gasteiger partial charge in [0.15, 0.2) is 0 Å². The zero-order valence-electron chi connectivity index (χ0n) is 9.14. The average Bonchev–Trinajstić information content (AvgIpc) is 1.98. The van der Waals surface area contributed by atoms with Crippen LogP contribution in [0.15, 0.2) is 12.2 Å². The Balaban J connectivity index is 4.15. The van der Waals surface area contributed by atoms with Crippen LogP contribution in [0.25, 0.3) is 0 Å². The molecule has 76 valence electrons. The summed E-state index contributed by atoms with van der Waals surface area (Å²) in [5.74, 6) is -0.0707. The maximum Gasteiger partial charge on any atom is 0.243 e. The monoisotopic (exact) mass is 184 g/mol. The van der Waals surface area contributed by atoms with E-state index in [2.05, 4.69) is 24.5 Å². The minimum Gasteiger partial charge on any atom is -0.356 e. The number of carbonyl (C=O) groups excluding carboxylic acids is 1. The molecule has 0 aliphatic rings. The molecule has 0 heterocycles. The van der Waals surface area contributed by atoms with Gasteiger partial charge in [0.05, 0.1) is 0 Å². The minimum atomic E-state index is -0.138. The SMILES string of the molecule is CNC(=O)C=CC(C)(C)NC(C)C. The fourth-order valence-electron chi connectivity index (χ4n) is 1.16. The maximum atomic E-state index is 10.9. The van der Waals surface area contributed by atoms with E-state index < -0.39 is 0 Å². The van der Waals surface area contributed by atoms with E-state index in [9.17, 15) is 4.79 Å². The van der Waals surface area contributed by atoms with Gasteiger partial charge >= 0.3 is 0 Å². The Morgan fingerprint density at radius 3 is 2.31 bits per heavy atom. The molecule has 3 heteroatoms. The smallest absolute Gasteiger partial charge is 0.243 e. The van der Waals surface area contributed by atoms with Crippen LogP contribution in [-0.2, 0) is 4.79 Å². The Labute approximate surface area is 80.6 Å². The van der Waals surface area contributed by atoms with Gasteiger partial charge < -0.3 is 10.6 Å². The molecule has 0 unspecified atom stereocenters. The van der Waals surface area contributed by atoms with E-state index in [0.29, 0.717) is 6.04 Å². The summed E-state index contributed by atoms with van der Waals surface area (Å²) in [5.41, 5.74) is -0.138. The molecule has 0 aliphatic carbocycles. The first-order valence-corrected chi connectivity index (χ1v) is 4.56. The molecule has 0 bridgehead atoms. The summed E-state index contributed by atoms with van der Waals surface area (Å²) < 4.78 is 0. The molecule has 1 amide bonds. The first-order valence-electron chi connectivity index (χ1n) is 4.56. The zero-order valence-corrected chi connectivity index (χ0v) is 9.14.